The largest absolute Gasteiger partial charge is 0.349 e. The maximum absolute atomic E-state index is 12.2. The zero-order valence-electron chi connectivity index (χ0n) is 17.8. The second-order valence-corrected chi connectivity index (χ2v) is 7.50. The van der Waals surface area contributed by atoms with Gasteiger partial charge in [-0.25, -0.2) is 5.43 Å². The molecule has 0 fully saturated rings. The van der Waals surface area contributed by atoms with Gasteiger partial charge in [-0.1, -0.05) is 84.9 Å². The summed E-state index contributed by atoms with van der Waals surface area (Å²) < 4.78 is 0. The van der Waals surface area contributed by atoms with Crippen LogP contribution in [-0.2, 0) is 16.0 Å². The molecule has 2 amide bonds. The number of carbonyl (C=O) groups excluding carboxylic acids is 2. The quantitative estimate of drug-likeness (QED) is 0.417. The van der Waals surface area contributed by atoms with Crippen LogP contribution in [0.3, 0.4) is 0 Å². The molecule has 5 heteroatoms. The minimum Gasteiger partial charge on any atom is -0.349 e. The van der Waals surface area contributed by atoms with Gasteiger partial charge >= 0.3 is 0 Å². The molecular weight excluding hydrogens is 386 g/mol. The molecule has 2 N–H and O–H groups in total. The smallest absolute Gasteiger partial charge is 0.244 e. The minimum absolute atomic E-state index is 0.0880. The molecule has 0 bridgehead atoms. The number of nitrogens with one attached hydrogen (secondary N) is 2. The highest BCUT2D eigenvalue weighted by Gasteiger charge is 2.10. The molecule has 0 aliphatic carbocycles. The molecule has 0 aromatic heterocycles. The fourth-order valence-electron chi connectivity index (χ4n) is 3.22. The number of carbonyl (C=O) groups is 2. The summed E-state index contributed by atoms with van der Waals surface area (Å²) in [6.45, 7) is 3.66. The van der Waals surface area contributed by atoms with Crippen molar-refractivity contribution < 1.29 is 9.59 Å². The molecular formula is C26H27N3O2. The average molecular weight is 414 g/mol. The van der Waals surface area contributed by atoms with E-state index in [9.17, 15) is 9.59 Å². The number of hydrogen-bond donors (Lipinski definition) is 2. The Balaban J connectivity index is 1.46. The molecule has 3 aromatic rings. The molecule has 0 spiro atoms. The minimum atomic E-state index is -0.218. The van der Waals surface area contributed by atoms with Crippen molar-refractivity contribution in [2.24, 2.45) is 5.10 Å². The van der Waals surface area contributed by atoms with E-state index >= 15 is 0 Å². The molecule has 3 aromatic carbocycles. The van der Waals surface area contributed by atoms with Crippen LogP contribution >= 0.6 is 0 Å². The highest BCUT2D eigenvalue weighted by Crippen LogP contribution is 2.19. The molecule has 0 saturated carbocycles. The zero-order chi connectivity index (χ0) is 22.1. The Morgan fingerprint density at radius 3 is 2.03 bits per heavy atom. The number of benzene rings is 3. The van der Waals surface area contributed by atoms with Gasteiger partial charge in [-0.15, -0.1) is 0 Å². The van der Waals surface area contributed by atoms with E-state index < -0.39 is 0 Å². The number of hydrogen-bond acceptors (Lipinski definition) is 3. The van der Waals surface area contributed by atoms with Crippen LogP contribution in [0.5, 0.6) is 0 Å². The number of nitrogens with zero attached hydrogens (tertiary/aromatic N) is 1. The van der Waals surface area contributed by atoms with Crippen molar-refractivity contribution in [2.45, 2.75) is 32.7 Å². The van der Waals surface area contributed by atoms with Gasteiger partial charge in [0.25, 0.3) is 0 Å². The number of amides is 2. The lowest BCUT2D eigenvalue weighted by atomic mass is 10.0. The van der Waals surface area contributed by atoms with Crippen LogP contribution in [0.1, 0.15) is 37.4 Å². The van der Waals surface area contributed by atoms with Gasteiger partial charge in [0.2, 0.25) is 11.8 Å². The Kier molecular flexibility index (Phi) is 7.71. The van der Waals surface area contributed by atoms with Gasteiger partial charge in [0.05, 0.1) is 18.9 Å². The Morgan fingerprint density at radius 2 is 1.39 bits per heavy atom. The number of rotatable bonds is 8. The van der Waals surface area contributed by atoms with Gasteiger partial charge in [0.1, 0.15) is 0 Å². The molecule has 0 aliphatic rings. The molecule has 31 heavy (non-hydrogen) atoms. The summed E-state index contributed by atoms with van der Waals surface area (Å²) in [7, 11) is 0. The Bertz CT molecular complexity index is 1030. The topological polar surface area (TPSA) is 70.6 Å². The lowest BCUT2D eigenvalue weighted by Gasteiger charge is -2.14. The van der Waals surface area contributed by atoms with E-state index in [1.165, 1.54) is 0 Å². The summed E-state index contributed by atoms with van der Waals surface area (Å²) >= 11 is 0. The maximum atomic E-state index is 12.2. The first-order valence-corrected chi connectivity index (χ1v) is 10.3. The van der Waals surface area contributed by atoms with E-state index in [2.05, 4.69) is 28.0 Å². The third-order valence-corrected chi connectivity index (χ3v) is 4.89. The van der Waals surface area contributed by atoms with Gasteiger partial charge in [-0.3, -0.25) is 9.59 Å². The predicted octanol–water partition coefficient (Wildman–Crippen LogP) is 4.66. The molecule has 5 nitrogen and oxygen atoms in total. The van der Waals surface area contributed by atoms with E-state index in [0.29, 0.717) is 5.71 Å². The van der Waals surface area contributed by atoms with Crippen molar-refractivity contribution in [1.29, 1.82) is 0 Å². The normalized spacial score (nSPS) is 12.1. The molecule has 1 unspecified atom stereocenters. The van der Waals surface area contributed by atoms with E-state index in [4.69, 9.17) is 0 Å². The van der Waals surface area contributed by atoms with Gasteiger partial charge in [0, 0.05) is 5.71 Å². The first-order chi connectivity index (χ1) is 15.0. The van der Waals surface area contributed by atoms with Crippen LogP contribution in [0.15, 0.2) is 90.0 Å². The van der Waals surface area contributed by atoms with Crippen LogP contribution < -0.4 is 10.7 Å². The first kappa shape index (κ1) is 22.0. The molecule has 0 saturated heterocycles. The molecule has 0 aliphatic heterocycles. The molecule has 3 rings (SSSR count). The van der Waals surface area contributed by atoms with E-state index in [1.54, 1.807) is 6.92 Å². The summed E-state index contributed by atoms with van der Waals surface area (Å²) in [5, 5.41) is 7.00. The van der Waals surface area contributed by atoms with E-state index in [0.717, 1.165) is 22.3 Å². The van der Waals surface area contributed by atoms with Crippen molar-refractivity contribution in [3.8, 4) is 11.1 Å². The Labute approximate surface area is 183 Å². The van der Waals surface area contributed by atoms with E-state index in [1.807, 2.05) is 79.7 Å². The summed E-state index contributed by atoms with van der Waals surface area (Å²) in [5.74, 6) is -0.353. The highest BCUT2D eigenvalue weighted by atomic mass is 16.2. The summed E-state index contributed by atoms with van der Waals surface area (Å²) in [4.78, 5) is 24.4. The second-order valence-electron chi connectivity index (χ2n) is 7.50. The molecule has 0 radical (unpaired) electrons. The summed E-state index contributed by atoms with van der Waals surface area (Å²) in [5.41, 5.74) is 7.27. The van der Waals surface area contributed by atoms with Gasteiger partial charge in [0.15, 0.2) is 0 Å². The van der Waals surface area contributed by atoms with Crippen molar-refractivity contribution in [3.05, 3.63) is 96.1 Å². The van der Waals surface area contributed by atoms with Crippen molar-refractivity contribution in [2.75, 3.05) is 0 Å². The fourth-order valence-corrected chi connectivity index (χ4v) is 3.22. The average Bonchev–Trinajstić information content (AvgIpc) is 2.79. The number of hydrazone groups is 1. The monoisotopic (exact) mass is 413 g/mol. The standard InChI is InChI=1S/C26H27N3O2/c1-19(17-25(30)27-20(2)22-9-5-3-6-10-22)28-29-26(31)18-21-13-15-24(16-14-21)23-11-7-4-8-12-23/h3-16,20H,17-18H2,1-2H3,(H,27,30)(H,29,31)/b28-19+. The SMILES string of the molecule is C/C(CC(=O)NC(C)c1ccccc1)=N\NC(=O)Cc1ccc(-c2ccccc2)cc1. The zero-order valence-corrected chi connectivity index (χ0v) is 17.8. The van der Waals surface area contributed by atoms with Crippen LogP contribution in [0.2, 0.25) is 0 Å². The summed E-state index contributed by atoms with van der Waals surface area (Å²) in [6.07, 6.45) is 0.353. The van der Waals surface area contributed by atoms with Crippen LogP contribution in [0.25, 0.3) is 11.1 Å². The van der Waals surface area contributed by atoms with Crippen molar-refractivity contribution in [3.63, 3.8) is 0 Å². The van der Waals surface area contributed by atoms with Crippen LogP contribution in [0.4, 0.5) is 0 Å². The Morgan fingerprint density at radius 1 is 0.806 bits per heavy atom. The molecule has 0 heterocycles. The third kappa shape index (κ3) is 6.93. The Hall–Kier alpha value is -3.73. The van der Waals surface area contributed by atoms with E-state index in [-0.39, 0.29) is 30.7 Å². The van der Waals surface area contributed by atoms with Gasteiger partial charge < -0.3 is 5.32 Å². The van der Waals surface area contributed by atoms with Crippen molar-refractivity contribution >= 4 is 17.5 Å². The maximum Gasteiger partial charge on any atom is 0.244 e. The van der Waals surface area contributed by atoms with Crippen molar-refractivity contribution in [1.82, 2.24) is 10.7 Å². The van der Waals surface area contributed by atoms with Gasteiger partial charge in [-0.2, -0.15) is 5.10 Å². The second kappa shape index (κ2) is 10.9. The lowest BCUT2D eigenvalue weighted by Crippen LogP contribution is -2.29. The fraction of sp³-hybridized carbons (Fsp3) is 0.192. The lowest BCUT2D eigenvalue weighted by molar-refractivity contribution is -0.121. The molecule has 158 valence electrons. The summed E-state index contributed by atoms with van der Waals surface area (Å²) in [6, 6.07) is 27.7. The molecule has 1 atom stereocenters. The predicted molar refractivity (Wildman–Crippen MR) is 124 cm³/mol. The van der Waals surface area contributed by atoms with Crippen LogP contribution in [-0.4, -0.2) is 17.5 Å². The first-order valence-electron chi connectivity index (χ1n) is 10.3. The highest BCUT2D eigenvalue weighted by molar-refractivity contribution is 6.00. The third-order valence-electron chi connectivity index (χ3n) is 4.89. The van der Waals surface area contributed by atoms with Gasteiger partial charge in [-0.05, 0) is 36.1 Å². The van der Waals surface area contributed by atoms with Crippen LogP contribution in [0, 0.1) is 0 Å².